The molecule has 0 aliphatic heterocycles. The van der Waals surface area contributed by atoms with Crippen molar-refractivity contribution in [1.29, 1.82) is 0 Å². The van der Waals surface area contributed by atoms with E-state index in [0.717, 1.165) is 0 Å². The van der Waals surface area contributed by atoms with Gasteiger partial charge in [0.05, 0.1) is 18.4 Å². The predicted octanol–water partition coefficient (Wildman–Crippen LogP) is 2.73. The van der Waals surface area contributed by atoms with Crippen molar-refractivity contribution in [2.24, 2.45) is 5.41 Å². The standard InChI is InChI=1S/C22H34Br3NO10/c1-19(2,23)16(30)34-11-22(12-35-17(31)20(3,4)24,13-36-18(32)21(5,6)25)10-33-9-14(27)26-8-7-15(28)29/h7-13H2,1-6H3,(H,26,27)(H,28,29). The maximum absolute atomic E-state index is 12.4. The van der Waals surface area contributed by atoms with Crippen molar-refractivity contribution in [1.82, 2.24) is 5.32 Å². The van der Waals surface area contributed by atoms with Gasteiger partial charge >= 0.3 is 23.9 Å². The molecule has 0 aromatic rings. The van der Waals surface area contributed by atoms with Crippen molar-refractivity contribution in [2.75, 3.05) is 39.6 Å². The first-order valence-corrected chi connectivity index (χ1v) is 13.2. The number of rotatable bonds is 16. The van der Waals surface area contributed by atoms with Crippen LogP contribution in [0.4, 0.5) is 0 Å². The van der Waals surface area contributed by atoms with E-state index in [0.29, 0.717) is 0 Å². The van der Waals surface area contributed by atoms with Crippen molar-refractivity contribution in [3.05, 3.63) is 0 Å². The van der Waals surface area contributed by atoms with Gasteiger partial charge in [-0.15, -0.1) is 0 Å². The monoisotopic (exact) mass is 709 g/mol. The Labute approximate surface area is 236 Å². The molecule has 36 heavy (non-hydrogen) atoms. The first kappa shape index (κ1) is 34.8. The quantitative estimate of drug-likeness (QED) is 0.139. The highest BCUT2D eigenvalue weighted by Crippen LogP contribution is 2.27. The molecule has 0 unspecified atom stereocenters. The molecule has 2 N–H and O–H groups in total. The number of hydrogen-bond donors (Lipinski definition) is 2. The third-order valence-corrected chi connectivity index (χ3v) is 5.26. The maximum atomic E-state index is 12.4. The summed E-state index contributed by atoms with van der Waals surface area (Å²) in [4.78, 5) is 59.8. The Kier molecular flexibility index (Phi) is 14.1. The highest BCUT2D eigenvalue weighted by molar-refractivity contribution is 9.10. The van der Waals surface area contributed by atoms with Gasteiger partial charge in [-0.05, 0) is 41.5 Å². The van der Waals surface area contributed by atoms with Gasteiger partial charge in [0, 0.05) is 6.54 Å². The summed E-state index contributed by atoms with van der Waals surface area (Å²) < 4.78 is 18.7. The van der Waals surface area contributed by atoms with Gasteiger partial charge < -0.3 is 29.4 Å². The average Bonchev–Trinajstić information content (AvgIpc) is 2.71. The Hall–Kier alpha value is -1.25. The summed E-state index contributed by atoms with van der Waals surface area (Å²) in [5, 5.41) is 11.1. The summed E-state index contributed by atoms with van der Waals surface area (Å²) in [6.07, 6.45) is -0.259. The largest absolute Gasteiger partial charge is 0.481 e. The van der Waals surface area contributed by atoms with Crippen LogP contribution < -0.4 is 5.32 Å². The molecule has 0 fully saturated rings. The first-order valence-electron chi connectivity index (χ1n) is 10.8. The Balaban J connectivity index is 5.73. The molecule has 0 radical (unpaired) electrons. The number of hydrogen-bond acceptors (Lipinski definition) is 9. The lowest BCUT2D eigenvalue weighted by molar-refractivity contribution is -0.170. The second-order valence-electron chi connectivity index (χ2n) is 9.63. The predicted molar refractivity (Wildman–Crippen MR) is 140 cm³/mol. The summed E-state index contributed by atoms with van der Waals surface area (Å²) in [5.41, 5.74) is -1.36. The number of carboxylic acids is 1. The van der Waals surface area contributed by atoms with Gasteiger partial charge in [-0.3, -0.25) is 24.0 Å². The molecule has 0 saturated heterocycles. The summed E-state index contributed by atoms with van der Waals surface area (Å²) >= 11 is 9.63. The molecule has 0 bridgehead atoms. The van der Waals surface area contributed by atoms with Crippen LogP contribution in [-0.4, -0.2) is 87.4 Å². The van der Waals surface area contributed by atoms with Gasteiger partial charge in [0.2, 0.25) is 5.91 Å². The highest BCUT2D eigenvalue weighted by atomic mass is 79.9. The normalized spacial score (nSPS) is 12.5. The Morgan fingerprint density at radius 1 is 0.694 bits per heavy atom. The van der Waals surface area contributed by atoms with E-state index in [9.17, 15) is 24.0 Å². The number of halogens is 3. The highest BCUT2D eigenvalue weighted by Gasteiger charge is 2.40. The Morgan fingerprint density at radius 2 is 1.06 bits per heavy atom. The molecule has 0 atom stereocenters. The third kappa shape index (κ3) is 14.5. The average molecular weight is 712 g/mol. The first-order chi connectivity index (χ1) is 16.2. The molecule has 0 aromatic carbocycles. The third-order valence-electron chi connectivity index (χ3n) is 4.29. The van der Waals surface area contributed by atoms with E-state index in [1.165, 1.54) is 0 Å². The molecule has 11 nitrogen and oxygen atoms in total. The number of carboxylic acid groups (broad SMARTS) is 1. The van der Waals surface area contributed by atoms with Crippen molar-refractivity contribution in [3.8, 4) is 0 Å². The fourth-order valence-electron chi connectivity index (χ4n) is 2.14. The minimum Gasteiger partial charge on any atom is -0.481 e. The van der Waals surface area contributed by atoms with Crippen LogP contribution in [0.5, 0.6) is 0 Å². The van der Waals surface area contributed by atoms with Crippen LogP contribution in [0, 0.1) is 5.41 Å². The van der Waals surface area contributed by atoms with E-state index < -0.39 is 54.8 Å². The van der Waals surface area contributed by atoms with Crippen molar-refractivity contribution in [3.63, 3.8) is 0 Å². The minimum atomic E-state index is -1.36. The summed E-state index contributed by atoms with van der Waals surface area (Å²) in [5.74, 6) is -3.53. The molecule has 14 heteroatoms. The number of nitrogens with one attached hydrogen (secondary N) is 1. The summed E-state index contributed by atoms with van der Waals surface area (Å²) in [6, 6.07) is 0. The molecule has 208 valence electrons. The molecule has 0 rings (SSSR count). The van der Waals surface area contributed by atoms with Crippen molar-refractivity contribution >= 4 is 77.6 Å². The zero-order valence-electron chi connectivity index (χ0n) is 21.2. The number of aliphatic carboxylic acids is 1. The fraction of sp³-hybridized carbons (Fsp3) is 0.773. The number of ether oxygens (including phenoxy) is 4. The van der Waals surface area contributed by atoms with Crippen LogP contribution in [0.3, 0.4) is 0 Å². The van der Waals surface area contributed by atoms with E-state index in [2.05, 4.69) is 53.1 Å². The van der Waals surface area contributed by atoms with E-state index in [1.807, 2.05) is 0 Å². The van der Waals surface area contributed by atoms with E-state index in [1.54, 1.807) is 41.5 Å². The number of amides is 1. The zero-order chi connectivity index (χ0) is 28.4. The van der Waals surface area contributed by atoms with Crippen molar-refractivity contribution < 1.29 is 48.0 Å². The van der Waals surface area contributed by atoms with Crippen LogP contribution >= 0.6 is 47.8 Å². The summed E-state index contributed by atoms with van der Waals surface area (Å²) in [7, 11) is 0. The maximum Gasteiger partial charge on any atom is 0.322 e. The van der Waals surface area contributed by atoms with Gasteiger partial charge in [-0.1, -0.05) is 47.8 Å². The number of alkyl halides is 3. The Morgan fingerprint density at radius 3 is 1.36 bits per heavy atom. The molecule has 0 heterocycles. The second kappa shape index (κ2) is 14.6. The Bertz CT molecular complexity index is 723. The number of carbonyl (C=O) groups excluding carboxylic acids is 4. The van der Waals surface area contributed by atoms with Crippen LogP contribution in [-0.2, 0) is 42.9 Å². The lowest BCUT2D eigenvalue weighted by atomic mass is 9.92. The van der Waals surface area contributed by atoms with Gasteiger partial charge in [0.25, 0.3) is 0 Å². The van der Waals surface area contributed by atoms with Crippen LogP contribution in [0.1, 0.15) is 48.0 Å². The van der Waals surface area contributed by atoms with Crippen LogP contribution in [0.2, 0.25) is 0 Å². The zero-order valence-corrected chi connectivity index (χ0v) is 26.0. The lowest BCUT2D eigenvalue weighted by Gasteiger charge is -2.34. The van der Waals surface area contributed by atoms with E-state index in [4.69, 9.17) is 24.1 Å². The van der Waals surface area contributed by atoms with Crippen LogP contribution in [0.15, 0.2) is 0 Å². The summed E-state index contributed by atoms with van der Waals surface area (Å²) in [6.45, 7) is 7.52. The molecule has 0 saturated carbocycles. The smallest absolute Gasteiger partial charge is 0.322 e. The molecule has 1 amide bonds. The molecule has 0 spiro atoms. The number of esters is 3. The van der Waals surface area contributed by atoms with Crippen LogP contribution in [0.25, 0.3) is 0 Å². The minimum absolute atomic E-state index is 0.0868. The van der Waals surface area contributed by atoms with Gasteiger partial charge in [-0.25, -0.2) is 0 Å². The van der Waals surface area contributed by atoms with Crippen molar-refractivity contribution in [2.45, 2.75) is 60.9 Å². The molecule has 0 aliphatic rings. The SMILES string of the molecule is CC(C)(Br)C(=O)OCC(COCC(=O)NCCC(=O)O)(COC(=O)C(C)(C)Br)COC(=O)C(C)(C)Br. The van der Waals surface area contributed by atoms with Gasteiger partial charge in [-0.2, -0.15) is 0 Å². The van der Waals surface area contributed by atoms with Gasteiger partial charge in [0.1, 0.15) is 39.4 Å². The fourth-order valence-corrected chi connectivity index (χ4v) is 2.48. The molecular formula is C22H34Br3NO10. The molecular weight excluding hydrogens is 678 g/mol. The molecule has 0 aliphatic carbocycles. The van der Waals surface area contributed by atoms with Gasteiger partial charge in [0.15, 0.2) is 0 Å². The number of carbonyl (C=O) groups is 5. The second-order valence-corrected chi connectivity index (χ2v) is 15.6. The molecule has 0 aromatic heterocycles. The van der Waals surface area contributed by atoms with E-state index in [-0.39, 0.29) is 39.4 Å². The lowest BCUT2D eigenvalue weighted by Crippen LogP contribution is -2.47. The topological polar surface area (TPSA) is 155 Å². The van der Waals surface area contributed by atoms with E-state index >= 15 is 0 Å².